The first kappa shape index (κ1) is 15.0. The molecule has 0 atom stereocenters. The highest BCUT2D eigenvalue weighted by molar-refractivity contribution is 5.94. The Morgan fingerprint density at radius 1 is 1.17 bits per heavy atom. The number of carbonyl (C=O) groups is 1. The van der Waals surface area contributed by atoms with E-state index in [0.717, 1.165) is 5.56 Å². The van der Waals surface area contributed by atoms with Crippen molar-refractivity contribution in [2.45, 2.75) is 13.5 Å². The molecule has 116 valence electrons. The smallest absolute Gasteiger partial charge is 0.254 e. The molecule has 5 nitrogen and oxygen atoms in total. The zero-order chi connectivity index (χ0) is 16.1. The Morgan fingerprint density at radius 3 is 2.70 bits per heavy atom. The first-order chi connectivity index (χ1) is 11.3. The molecule has 0 fully saturated rings. The third-order valence-corrected chi connectivity index (χ3v) is 3.65. The molecule has 3 aromatic rings. The zero-order valence-corrected chi connectivity index (χ0v) is 13.0. The van der Waals surface area contributed by atoms with E-state index in [4.69, 9.17) is 0 Å². The first-order valence-electron chi connectivity index (χ1n) is 7.55. The molecule has 0 aliphatic rings. The molecule has 2 aromatic heterocycles. The van der Waals surface area contributed by atoms with Crippen LogP contribution in [0, 0.1) is 0 Å². The molecule has 0 aliphatic carbocycles. The summed E-state index contributed by atoms with van der Waals surface area (Å²) in [5.41, 5.74) is 1.74. The van der Waals surface area contributed by atoms with Crippen LogP contribution in [0.1, 0.15) is 22.8 Å². The predicted molar refractivity (Wildman–Crippen MR) is 88.2 cm³/mol. The Bertz CT molecular complexity index is 769. The minimum Gasteiger partial charge on any atom is -0.335 e. The molecule has 0 saturated carbocycles. The van der Waals surface area contributed by atoms with Crippen LogP contribution in [0.2, 0.25) is 0 Å². The Kier molecular flexibility index (Phi) is 4.47. The van der Waals surface area contributed by atoms with Crippen molar-refractivity contribution in [3.63, 3.8) is 0 Å². The highest BCUT2D eigenvalue weighted by Crippen LogP contribution is 2.12. The molecule has 0 spiro atoms. The molecule has 3 rings (SSSR count). The molecular formula is C18H18N4O. The average Bonchev–Trinajstić information content (AvgIpc) is 3.15. The second-order valence-corrected chi connectivity index (χ2v) is 5.18. The van der Waals surface area contributed by atoms with E-state index in [1.165, 1.54) is 0 Å². The lowest BCUT2D eigenvalue weighted by atomic mass is 10.2. The van der Waals surface area contributed by atoms with Crippen LogP contribution in [0.5, 0.6) is 0 Å². The van der Waals surface area contributed by atoms with Gasteiger partial charge in [-0.1, -0.05) is 30.3 Å². The van der Waals surface area contributed by atoms with Gasteiger partial charge in [-0.05, 0) is 24.6 Å². The summed E-state index contributed by atoms with van der Waals surface area (Å²) in [6.07, 6.45) is 6.80. The number of carbonyl (C=O) groups excluding carboxylic acids is 1. The average molecular weight is 306 g/mol. The van der Waals surface area contributed by atoms with E-state index in [1.54, 1.807) is 41.6 Å². The van der Waals surface area contributed by atoms with Gasteiger partial charge in [0.15, 0.2) is 0 Å². The maximum atomic E-state index is 12.8. The molecule has 23 heavy (non-hydrogen) atoms. The number of imidazole rings is 1. The van der Waals surface area contributed by atoms with E-state index < -0.39 is 0 Å². The molecule has 0 radical (unpaired) electrons. The number of amides is 1. The molecule has 0 saturated heterocycles. The van der Waals surface area contributed by atoms with Gasteiger partial charge in [0.25, 0.3) is 5.91 Å². The van der Waals surface area contributed by atoms with E-state index in [0.29, 0.717) is 24.5 Å². The number of pyridine rings is 1. The van der Waals surface area contributed by atoms with Gasteiger partial charge in [-0.15, -0.1) is 0 Å². The van der Waals surface area contributed by atoms with Crippen LogP contribution in [0.15, 0.2) is 67.4 Å². The largest absolute Gasteiger partial charge is 0.335 e. The molecule has 5 heteroatoms. The molecule has 1 aromatic carbocycles. The molecule has 0 N–H and O–H groups in total. The third-order valence-electron chi connectivity index (χ3n) is 3.65. The Morgan fingerprint density at radius 2 is 2.00 bits per heavy atom. The summed E-state index contributed by atoms with van der Waals surface area (Å²) in [5.74, 6) is 0.684. The van der Waals surface area contributed by atoms with Crippen molar-refractivity contribution in [3.05, 3.63) is 78.5 Å². The van der Waals surface area contributed by atoms with Crippen molar-refractivity contribution < 1.29 is 4.79 Å². The van der Waals surface area contributed by atoms with E-state index in [-0.39, 0.29) is 5.91 Å². The van der Waals surface area contributed by atoms with Gasteiger partial charge < -0.3 is 4.90 Å². The summed E-state index contributed by atoms with van der Waals surface area (Å²) in [6, 6.07) is 13.5. The maximum absolute atomic E-state index is 12.8. The van der Waals surface area contributed by atoms with E-state index in [1.807, 2.05) is 42.2 Å². The van der Waals surface area contributed by atoms with Crippen LogP contribution in [0.4, 0.5) is 0 Å². The van der Waals surface area contributed by atoms with Crippen LogP contribution in [0.3, 0.4) is 0 Å². The monoisotopic (exact) mass is 306 g/mol. The second-order valence-electron chi connectivity index (χ2n) is 5.18. The molecule has 1 amide bonds. The lowest BCUT2D eigenvalue weighted by molar-refractivity contribution is 0.0752. The van der Waals surface area contributed by atoms with E-state index >= 15 is 0 Å². The standard InChI is InChI=1S/C18H18N4O/c1-2-21(13-15-6-4-3-5-7-15)18(23)16-8-9-20-17(12-16)22-11-10-19-14-22/h3-12,14H,2,13H2,1H3. The summed E-state index contributed by atoms with van der Waals surface area (Å²) < 4.78 is 1.78. The normalized spacial score (nSPS) is 10.5. The van der Waals surface area contributed by atoms with Crippen LogP contribution in [-0.2, 0) is 6.54 Å². The number of rotatable bonds is 5. The second kappa shape index (κ2) is 6.87. The Labute approximate surface area is 135 Å². The van der Waals surface area contributed by atoms with Crippen molar-refractivity contribution in [2.24, 2.45) is 0 Å². The lowest BCUT2D eigenvalue weighted by Gasteiger charge is -2.21. The van der Waals surface area contributed by atoms with Crippen molar-refractivity contribution in [3.8, 4) is 5.82 Å². The highest BCUT2D eigenvalue weighted by Gasteiger charge is 2.15. The molecule has 0 unspecified atom stereocenters. The van der Waals surface area contributed by atoms with E-state index in [2.05, 4.69) is 9.97 Å². The fourth-order valence-electron chi connectivity index (χ4n) is 2.40. The van der Waals surface area contributed by atoms with Gasteiger partial charge in [0, 0.05) is 37.2 Å². The van der Waals surface area contributed by atoms with Crippen LogP contribution >= 0.6 is 0 Å². The molecule has 2 heterocycles. The number of aromatic nitrogens is 3. The predicted octanol–water partition coefficient (Wildman–Crippen LogP) is 2.93. The van der Waals surface area contributed by atoms with Gasteiger partial charge in [0.1, 0.15) is 12.1 Å². The Hall–Kier alpha value is -2.95. The minimum absolute atomic E-state index is 0.000110. The van der Waals surface area contributed by atoms with Crippen LogP contribution < -0.4 is 0 Å². The quantitative estimate of drug-likeness (QED) is 0.728. The zero-order valence-electron chi connectivity index (χ0n) is 13.0. The molecule has 0 aliphatic heterocycles. The minimum atomic E-state index is 0.000110. The fraction of sp³-hybridized carbons (Fsp3) is 0.167. The van der Waals surface area contributed by atoms with Crippen molar-refractivity contribution >= 4 is 5.91 Å². The van der Waals surface area contributed by atoms with Crippen LogP contribution in [-0.4, -0.2) is 31.9 Å². The summed E-state index contributed by atoms with van der Waals surface area (Å²) in [5, 5.41) is 0. The number of hydrogen-bond acceptors (Lipinski definition) is 3. The van der Waals surface area contributed by atoms with Gasteiger partial charge in [-0.3, -0.25) is 9.36 Å². The summed E-state index contributed by atoms with van der Waals surface area (Å²) in [4.78, 5) is 22.9. The maximum Gasteiger partial charge on any atom is 0.254 e. The van der Waals surface area contributed by atoms with Crippen molar-refractivity contribution in [1.82, 2.24) is 19.4 Å². The third kappa shape index (κ3) is 3.45. The topological polar surface area (TPSA) is 51.0 Å². The summed E-state index contributed by atoms with van der Waals surface area (Å²) in [7, 11) is 0. The van der Waals surface area contributed by atoms with Crippen LogP contribution in [0.25, 0.3) is 5.82 Å². The summed E-state index contributed by atoms with van der Waals surface area (Å²) in [6.45, 7) is 3.23. The van der Waals surface area contributed by atoms with Crippen molar-refractivity contribution in [2.75, 3.05) is 6.54 Å². The fourth-order valence-corrected chi connectivity index (χ4v) is 2.40. The number of nitrogens with zero attached hydrogens (tertiary/aromatic N) is 4. The van der Waals surface area contributed by atoms with Gasteiger partial charge >= 0.3 is 0 Å². The molecule has 0 bridgehead atoms. The van der Waals surface area contributed by atoms with Gasteiger partial charge in [-0.25, -0.2) is 9.97 Å². The first-order valence-corrected chi connectivity index (χ1v) is 7.55. The number of hydrogen-bond donors (Lipinski definition) is 0. The van der Waals surface area contributed by atoms with Gasteiger partial charge in [0.05, 0.1) is 0 Å². The van der Waals surface area contributed by atoms with Gasteiger partial charge in [-0.2, -0.15) is 0 Å². The summed E-state index contributed by atoms with van der Waals surface area (Å²) >= 11 is 0. The SMILES string of the molecule is CCN(Cc1ccccc1)C(=O)c1ccnc(-n2ccnc2)c1. The molecular weight excluding hydrogens is 288 g/mol. The van der Waals surface area contributed by atoms with Gasteiger partial charge in [0.2, 0.25) is 0 Å². The van der Waals surface area contributed by atoms with E-state index in [9.17, 15) is 4.79 Å². The Balaban J connectivity index is 1.82. The van der Waals surface area contributed by atoms with Crippen molar-refractivity contribution in [1.29, 1.82) is 0 Å². The number of benzene rings is 1. The lowest BCUT2D eigenvalue weighted by Crippen LogP contribution is -2.30. The highest BCUT2D eigenvalue weighted by atomic mass is 16.2.